The van der Waals surface area contributed by atoms with Crippen molar-refractivity contribution in [2.45, 2.75) is 13.5 Å². The number of aryl methyl sites for hydroxylation is 1. The second-order valence-electron chi connectivity index (χ2n) is 3.40. The van der Waals surface area contributed by atoms with Crippen LogP contribution in [0.15, 0.2) is 30.3 Å². The van der Waals surface area contributed by atoms with Crippen molar-refractivity contribution in [3.8, 4) is 11.3 Å². The van der Waals surface area contributed by atoms with E-state index in [1.807, 2.05) is 31.2 Å². The Balaban J connectivity index is 2.54. The van der Waals surface area contributed by atoms with Crippen molar-refractivity contribution >= 4 is 17.9 Å². The van der Waals surface area contributed by atoms with Crippen LogP contribution in [0.4, 0.5) is 0 Å². The summed E-state index contributed by atoms with van der Waals surface area (Å²) >= 11 is 5.93. The van der Waals surface area contributed by atoms with Gasteiger partial charge in [0.25, 0.3) is 0 Å². The van der Waals surface area contributed by atoms with Crippen LogP contribution in [0.25, 0.3) is 11.3 Å². The lowest BCUT2D eigenvalue weighted by Crippen LogP contribution is -1.99. The van der Waals surface area contributed by atoms with Gasteiger partial charge in [-0.15, -0.1) is 0 Å². The fourth-order valence-electron chi connectivity index (χ4n) is 1.62. The first-order valence-electron chi connectivity index (χ1n) is 5.03. The normalized spacial score (nSPS) is 10.4. The standard InChI is InChI=1S/C12H11ClN2O/c1-2-15-12(7-11(8-16)14-15)9-4-3-5-10(13)6-9/h3-8H,2H2,1H3. The molecule has 0 spiro atoms. The molecule has 0 N–H and O–H groups in total. The van der Waals surface area contributed by atoms with Crippen molar-refractivity contribution < 1.29 is 4.79 Å². The van der Waals surface area contributed by atoms with Crippen LogP contribution in [0.5, 0.6) is 0 Å². The van der Waals surface area contributed by atoms with Gasteiger partial charge in [-0.1, -0.05) is 23.7 Å². The zero-order valence-electron chi connectivity index (χ0n) is 8.85. The molecule has 0 fully saturated rings. The van der Waals surface area contributed by atoms with E-state index in [-0.39, 0.29) is 0 Å². The van der Waals surface area contributed by atoms with E-state index in [1.165, 1.54) is 0 Å². The van der Waals surface area contributed by atoms with Crippen LogP contribution < -0.4 is 0 Å². The van der Waals surface area contributed by atoms with Crippen molar-refractivity contribution in [3.05, 3.63) is 41.0 Å². The third-order valence-corrected chi connectivity index (χ3v) is 2.57. The molecule has 0 radical (unpaired) electrons. The van der Waals surface area contributed by atoms with Gasteiger partial charge in [-0.2, -0.15) is 5.10 Å². The van der Waals surface area contributed by atoms with Gasteiger partial charge in [0.1, 0.15) is 5.69 Å². The molecule has 0 bridgehead atoms. The minimum absolute atomic E-state index is 0.442. The Hall–Kier alpha value is -1.61. The fraction of sp³-hybridized carbons (Fsp3) is 0.167. The van der Waals surface area contributed by atoms with E-state index in [1.54, 1.807) is 10.7 Å². The van der Waals surface area contributed by atoms with Crippen molar-refractivity contribution in [2.75, 3.05) is 0 Å². The summed E-state index contributed by atoms with van der Waals surface area (Å²) in [5.74, 6) is 0. The average molecular weight is 235 g/mol. The number of rotatable bonds is 3. The molecule has 0 unspecified atom stereocenters. The van der Waals surface area contributed by atoms with Crippen LogP contribution in [0.1, 0.15) is 17.4 Å². The van der Waals surface area contributed by atoms with Gasteiger partial charge < -0.3 is 0 Å². The molecule has 1 heterocycles. The van der Waals surface area contributed by atoms with Crippen molar-refractivity contribution in [1.29, 1.82) is 0 Å². The summed E-state index contributed by atoms with van der Waals surface area (Å²) in [5.41, 5.74) is 2.32. The number of carbonyl (C=O) groups is 1. The Kier molecular flexibility index (Phi) is 3.06. The molecule has 4 heteroatoms. The summed E-state index contributed by atoms with van der Waals surface area (Å²) in [6.45, 7) is 2.70. The van der Waals surface area contributed by atoms with E-state index in [2.05, 4.69) is 5.10 Å². The highest BCUT2D eigenvalue weighted by atomic mass is 35.5. The van der Waals surface area contributed by atoms with Crippen LogP contribution in [0, 0.1) is 0 Å². The molecule has 3 nitrogen and oxygen atoms in total. The zero-order chi connectivity index (χ0) is 11.5. The Bertz CT molecular complexity index is 519. The highest BCUT2D eigenvalue weighted by molar-refractivity contribution is 6.30. The summed E-state index contributed by atoms with van der Waals surface area (Å²) in [5, 5.41) is 4.83. The molecule has 0 saturated carbocycles. The van der Waals surface area contributed by atoms with Gasteiger partial charge in [0, 0.05) is 17.1 Å². The average Bonchev–Trinajstić information content (AvgIpc) is 2.72. The molecule has 2 aromatic rings. The number of benzene rings is 1. The van der Waals surface area contributed by atoms with E-state index >= 15 is 0 Å². The number of hydrogen-bond acceptors (Lipinski definition) is 2. The minimum atomic E-state index is 0.442. The van der Waals surface area contributed by atoms with E-state index in [9.17, 15) is 4.79 Å². The molecule has 0 atom stereocenters. The quantitative estimate of drug-likeness (QED) is 0.766. The number of hydrogen-bond donors (Lipinski definition) is 0. The smallest absolute Gasteiger partial charge is 0.170 e. The van der Waals surface area contributed by atoms with Gasteiger partial charge in [0.15, 0.2) is 6.29 Å². The van der Waals surface area contributed by atoms with Gasteiger partial charge in [-0.3, -0.25) is 9.48 Å². The molecule has 82 valence electrons. The third-order valence-electron chi connectivity index (χ3n) is 2.34. The Morgan fingerprint density at radius 3 is 2.88 bits per heavy atom. The lowest BCUT2D eigenvalue weighted by Gasteiger charge is -2.04. The van der Waals surface area contributed by atoms with Gasteiger partial charge >= 0.3 is 0 Å². The SMILES string of the molecule is CCn1nc(C=O)cc1-c1cccc(Cl)c1. The third kappa shape index (κ3) is 1.99. The highest BCUT2D eigenvalue weighted by Gasteiger charge is 2.08. The first-order chi connectivity index (χ1) is 7.74. The minimum Gasteiger partial charge on any atom is -0.296 e. The number of carbonyl (C=O) groups excluding carboxylic acids is 1. The van der Waals surface area contributed by atoms with Crippen molar-refractivity contribution in [1.82, 2.24) is 9.78 Å². The summed E-state index contributed by atoms with van der Waals surface area (Å²) in [6.07, 6.45) is 0.750. The van der Waals surface area contributed by atoms with Crippen LogP contribution in [0.2, 0.25) is 5.02 Å². The number of aromatic nitrogens is 2. The Morgan fingerprint density at radius 1 is 1.44 bits per heavy atom. The summed E-state index contributed by atoms with van der Waals surface area (Å²) in [7, 11) is 0. The number of nitrogens with zero attached hydrogens (tertiary/aromatic N) is 2. The van der Waals surface area contributed by atoms with Crippen molar-refractivity contribution in [3.63, 3.8) is 0 Å². The molecule has 0 saturated heterocycles. The number of halogens is 1. The van der Waals surface area contributed by atoms with E-state index in [4.69, 9.17) is 11.6 Å². The maximum absolute atomic E-state index is 10.7. The topological polar surface area (TPSA) is 34.9 Å². The van der Waals surface area contributed by atoms with E-state index in [0.29, 0.717) is 10.7 Å². The molecular formula is C12H11ClN2O. The first-order valence-corrected chi connectivity index (χ1v) is 5.41. The highest BCUT2D eigenvalue weighted by Crippen LogP contribution is 2.23. The van der Waals surface area contributed by atoms with Gasteiger partial charge in [-0.05, 0) is 25.1 Å². The molecule has 0 amide bonds. The predicted octanol–water partition coefficient (Wildman–Crippen LogP) is 3.04. The fourth-order valence-corrected chi connectivity index (χ4v) is 1.81. The van der Waals surface area contributed by atoms with Gasteiger partial charge in [-0.25, -0.2) is 0 Å². The summed E-state index contributed by atoms with van der Waals surface area (Å²) in [6, 6.07) is 9.27. The molecule has 16 heavy (non-hydrogen) atoms. The van der Waals surface area contributed by atoms with Crippen LogP contribution in [-0.2, 0) is 6.54 Å². The van der Waals surface area contributed by atoms with Crippen LogP contribution in [0.3, 0.4) is 0 Å². The molecule has 0 aliphatic rings. The second kappa shape index (κ2) is 4.49. The van der Waals surface area contributed by atoms with Crippen molar-refractivity contribution in [2.24, 2.45) is 0 Å². The molecule has 0 aliphatic carbocycles. The number of aldehydes is 1. The second-order valence-corrected chi connectivity index (χ2v) is 3.83. The molecule has 0 aliphatic heterocycles. The lowest BCUT2D eigenvalue weighted by molar-refractivity contribution is 0.111. The Labute approximate surface area is 98.7 Å². The monoisotopic (exact) mass is 234 g/mol. The van der Waals surface area contributed by atoms with E-state index < -0.39 is 0 Å². The lowest BCUT2D eigenvalue weighted by atomic mass is 10.1. The largest absolute Gasteiger partial charge is 0.296 e. The maximum Gasteiger partial charge on any atom is 0.170 e. The first kappa shape index (κ1) is 10.9. The Morgan fingerprint density at radius 2 is 2.25 bits per heavy atom. The van der Waals surface area contributed by atoms with Gasteiger partial charge in [0.05, 0.1) is 5.69 Å². The molecular weight excluding hydrogens is 224 g/mol. The van der Waals surface area contributed by atoms with Crippen LogP contribution in [-0.4, -0.2) is 16.1 Å². The maximum atomic E-state index is 10.7. The molecule has 1 aromatic carbocycles. The summed E-state index contributed by atoms with van der Waals surface area (Å²) in [4.78, 5) is 10.7. The van der Waals surface area contributed by atoms with Crippen LogP contribution >= 0.6 is 11.6 Å². The zero-order valence-corrected chi connectivity index (χ0v) is 9.61. The molecule has 2 rings (SSSR count). The summed E-state index contributed by atoms with van der Waals surface area (Å²) < 4.78 is 1.79. The molecule has 1 aromatic heterocycles. The predicted molar refractivity (Wildman–Crippen MR) is 63.7 cm³/mol. The van der Waals surface area contributed by atoms with Gasteiger partial charge in [0.2, 0.25) is 0 Å². The van der Waals surface area contributed by atoms with E-state index in [0.717, 1.165) is 24.1 Å².